The van der Waals surface area contributed by atoms with E-state index in [-0.39, 0.29) is 19.6 Å². The number of esters is 2. The van der Waals surface area contributed by atoms with Crippen LogP contribution in [0.15, 0.2) is 0 Å². The normalized spacial score (nSPS) is 15.1. The summed E-state index contributed by atoms with van der Waals surface area (Å²) in [6.45, 7) is 7.21. The second-order valence-electron chi connectivity index (χ2n) is 3.87. The van der Waals surface area contributed by atoms with Gasteiger partial charge in [-0.25, -0.2) is 0 Å². The topological polar surface area (TPSA) is 76.4 Å². The Kier molecular flexibility index (Phi) is 7.03. The molecule has 0 radical (unpaired) electrons. The second-order valence-corrected chi connectivity index (χ2v) is 3.87. The van der Waals surface area contributed by atoms with Crippen molar-refractivity contribution in [2.75, 3.05) is 13.2 Å². The lowest BCUT2D eigenvalue weighted by atomic mass is 9.73. The Bertz CT molecular complexity index is 334. The number of hydrogen-bond donors (Lipinski definition) is 0. The van der Waals surface area contributed by atoms with Gasteiger partial charge in [0.2, 0.25) is 0 Å². The van der Waals surface area contributed by atoms with Gasteiger partial charge in [0.1, 0.15) is 0 Å². The molecule has 0 amide bonds. The standard InChI is InChI=1S/C13H21NO4/c1-5-10(11(15)17-7-3)13(6-2,9-14)12(16)18-8-4/h10H,5-8H2,1-4H3. The van der Waals surface area contributed by atoms with Crippen molar-refractivity contribution in [3.05, 3.63) is 0 Å². The van der Waals surface area contributed by atoms with Gasteiger partial charge in [0.25, 0.3) is 0 Å². The van der Waals surface area contributed by atoms with Crippen LogP contribution in [0.4, 0.5) is 0 Å². The molecule has 0 aliphatic heterocycles. The first-order chi connectivity index (χ1) is 8.53. The first-order valence-electron chi connectivity index (χ1n) is 6.29. The zero-order valence-electron chi connectivity index (χ0n) is 11.5. The van der Waals surface area contributed by atoms with Crippen LogP contribution in [0.1, 0.15) is 40.5 Å². The highest BCUT2D eigenvalue weighted by atomic mass is 16.5. The second kappa shape index (κ2) is 7.70. The molecular weight excluding hydrogens is 234 g/mol. The van der Waals surface area contributed by atoms with Gasteiger partial charge in [0.15, 0.2) is 5.41 Å². The molecule has 0 aromatic heterocycles. The zero-order chi connectivity index (χ0) is 14.2. The number of hydrogen-bond acceptors (Lipinski definition) is 5. The van der Waals surface area contributed by atoms with Crippen molar-refractivity contribution < 1.29 is 19.1 Å². The number of carbonyl (C=O) groups excluding carboxylic acids is 2. The molecule has 5 heteroatoms. The largest absolute Gasteiger partial charge is 0.466 e. The summed E-state index contributed by atoms with van der Waals surface area (Å²) in [6, 6.07) is 1.96. The molecule has 0 spiro atoms. The number of nitrogens with zero attached hydrogens (tertiary/aromatic N) is 1. The molecule has 0 fully saturated rings. The van der Waals surface area contributed by atoms with Crippen LogP contribution in [0, 0.1) is 22.7 Å². The van der Waals surface area contributed by atoms with Crippen molar-refractivity contribution in [1.29, 1.82) is 5.26 Å². The minimum absolute atomic E-state index is 0.182. The van der Waals surface area contributed by atoms with Gasteiger partial charge < -0.3 is 9.47 Å². The van der Waals surface area contributed by atoms with Gasteiger partial charge in [-0.1, -0.05) is 13.8 Å². The van der Waals surface area contributed by atoms with Crippen LogP contribution < -0.4 is 0 Å². The summed E-state index contributed by atoms with van der Waals surface area (Å²) in [5.41, 5.74) is -1.45. The van der Waals surface area contributed by atoms with E-state index in [1.165, 1.54) is 0 Å². The molecule has 0 aliphatic carbocycles. The monoisotopic (exact) mass is 255 g/mol. The first kappa shape index (κ1) is 16.4. The highest BCUT2D eigenvalue weighted by molar-refractivity contribution is 5.87. The highest BCUT2D eigenvalue weighted by Crippen LogP contribution is 2.36. The Morgan fingerprint density at radius 1 is 1.17 bits per heavy atom. The summed E-state index contributed by atoms with van der Waals surface area (Å²) in [7, 11) is 0. The molecule has 5 nitrogen and oxygen atoms in total. The molecule has 18 heavy (non-hydrogen) atoms. The average molecular weight is 255 g/mol. The smallest absolute Gasteiger partial charge is 0.327 e. The lowest BCUT2D eigenvalue weighted by Gasteiger charge is -2.29. The zero-order valence-corrected chi connectivity index (χ0v) is 11.5. The van der Waals surface area contributed by atoms with Crippen LogP contribution in [0.5, 0.6) is 0 Å². The SMILES string of the molecule is CCOC(=O)C(CC)C(C#N)(CC)C(=O)OCC. The van der Waals surface area contributed by atoms with Crippen molar-refractivity contribution in [2.24, 2.45) is 11.3 Å². The van der Waals surface area contributed by atoms with Gasteiger partial charge in [0.05, 0.1) is 25.2 Å². The molecule has 2 unspecified atom stereocenters. The van der Waals surface area contributed by atoms with E-state index in [4.69, 9.17) is 9.47 Å². The van der Waals surface area contributed by atoms with Crippen LogP contribution in [0.25, 0.3) is 0 Å². The fourth-order valence-corrected chi connectivity index (χ4v) is 1.95. The molecule has 102 valence electrons. The van der Waals surface area contributed by atoms with Crippen LogP contribution in [0.2, 0.25) is 0 Å². The summed E-state index contributed by atoms with van der Waals surface area (Å²) >= 11 is 0. The van der Waals surface area contributed by atoms with Gasteiger partial charge >= 0.3 is 11.9 Å². The van der Waals surface area contributed by atoms with Gasteiger partial charge in [-0.15, -0.1) is 0 Å². The van der Waals surface area contributed by atoms with E-state index in [2.05, 4.69) is 0 Å². The van der Waals surface area contributed by atoms with Crippen molar-refractivity contribution in [3.63, 3.8) is 0 Å². The van der Waals surface area contributed by atoms with E-state index < -0.39 is 23.3 Å². The molecular formula is C13H21NO4. The fraction of sp³-hybridized carbons (Fsp3) is 0.769. The first-order valence-corrected chi connectivity index (χ1v) is 6.29. The molecule has 0 saturated carbocycles. The van der Waals surface area contributed by atoms with Gasteiger partial charge in [-0.05, 0) is 26.7 Å². The number of ether oxygens (including phenoxy) is 2. The maximum absolute atomic E-state index is 12.0. The predicted molar refractivity (Wildman–Crippen MR) is 65.4 cm³/mol. The Labute approximate surface area is 108 Å². The van der Waals surface area contributed by atoms with Crippen LogP contribution in [-0.4, -0.2) is 25.2 Å². The molecule has 0 rings (SSSR count). The molecule has 0 bridgehead atoms. The Morgan fingerprint density at radius 3 is 2.06 bits per heavy atom. The molecule has 0 aliphatic rings. The molecule has 0 aromatic rings. The molecule has 0 aromatic carbocycles. The molecule has 0 saturated heterocycles. The molecule has 0 heterocycles. The maximum atomic E-state index is 12.0. The lowest BCUT2D eigenvalue weighted by Crippen LogP contribution is -2.43. The summed E-state index contributed by atoms with van der Waals surface area (Å²) in [6.07, 6.45) is 0.582. The highest BCUT2D eigenvalue weighted by Gasteiger charge is 2.49. The summed E-state index contributed by atoms with van der Waals surface area (Å²) < 4.78 is 9.87. The van der Waals surface area contributed by atoms with Crippen LogP contribution >= 0.6 is 0 Å². The van der Waals surface area contributed by atoms with Crippen LogP contribution in [0.3, 0.4) is 0 Å². The maximum Gasteiger partial charge on any atom is 0.327 e. The van der Waals surface area contributed by atoms with E-state index in [9.17, 15) is 14.9 Å². The Hall–Kier alpha value is -1.57. The molecule has 0 N–H and O–H groups in total. The van der Waals surface area contributed by atoms with E-state index >= 15 is 0 Å². The van der Waals surface area contributed by atoms with Gasteiger partial charge in [-0.3, -0.25) is 9.59 Å². The van der Waals surface area contributed by atoms with Crippen molar-refractivity contribution in [2.45, 2.75) is 40.5 Å². The third-order valence-electron chi connectivity index (χ3n) is 2.97. The van der Waals surface area contributed by atoms with Crippen molar-refractivity contribution in [1.82, 2.24) is 0 Å². The quantitative estimate of drug-likeness (QED) is 0.651. The molecule has 2 atom stereocenters. The minimum atomic E-state index is -1.45. The Balaban J connectivity index is 5.35. The predicted octanol–water partition coefficient (Wildman–Crippen LogP) is 2.06. The Morgan fingerprint density at radius 2 is 1.72 bits per heavy atom. The third kappa shape index (κ3) is 3.22. The van der Waals surface area contributed by atoms with E-state index in [0.29, 0.717) is 6.42 Å². The number of carbonyl (C=O) groups is 2. The summed E-state index contributed by atoms with van der Waals surface area (Å²) in [5.74, 6) is -1.95. The van der Waals surface area contributed by atoms with E-state index in [1.54, 1.807) is 27.7 Å². The van der Waals surface area contributed by atoms with Crippen molar-refractivity contribution >= 4 is 11.9 Å². The summed E-state index contributed by atoms with van der Waals surface area (Å²) in [4.78, 5) is 23.9. The third-order valence-corrected chi connectivity index (χ3v) is 2.97. The van der Waals surface area contributed by atoms with Gasteiger partial charge in [0, 0.05) is 0 Å². The lowest BCUT2D eigenvalue weighted by molar-refractivity contribution is -0.165. The van der Waals surface area contributed by atoms with E-state index in [0.717, 1.165) is 0 Å². The fourth-order valence-electron chi connectivity index (χ4n) is 1.95. The summed E-state index contributed by atoms with van der Waals surface area (Å²) in [5, 5.41) is 9.33. The number of nitriles is 1. The minimum Gasteiger partial charge on any atom is -0.466 e. The van der Waals surface area contributed by atoms with Crippen LogP contribution in [-0.2, 0) is 19.1 Å². The van der Waals surface area contributed by atoms with E-state index in [1.807, 2.05) is 6.07 Å². The van der Waals surface area contributed by atoms with Crippen molar-refractivity contribution in [3.8, 4) is 6.07 Å². The average Bonchev–Trinajstić information content (AvgIpc) is 2.36. The number of rotatable bonds is 7. The van der Waals surface area contributed by atoms with Gasteiger partial charge in [-0.2, -0.15) is 5.26 Å².